The highest BCUT2D eigenvalue weighted by Crippen LogP contribution is 2.19. The van der Waals surface area contributed by atoms with Crippen LogP contribution in [-0.2, 0) is 10.0 Å². The third kappa shape index (κ3) is 4.77. The van der Waals surface area contributed by atoms with Crippen LogP contribution in [-0.4, -0.2) is 44.3 Å². The molecule has 0 saturated carbocycles. The van der Waals surface area contributed by atoms with Crippen LogP contribution in [0.1, 0.15) is 31.4 Å². The summed E-state index contributed by atoms with van der Waals surface area (Å²) in [5.41, 5.74) is 0.670. The Morgan fingerprint density at radius 2 is 1.90 bits per heavy atom. The predicted molar refractivity (Wildman–Crippen MR) is 79.3 cm³/mol. The van der Waals surface area contributed by atoms with E-state index in [1.54, 1.807) is 31.4 Å². The minimum absolute atomic E-state index is 0.0539. The first kappa shape index (κ1) is 16.9. The summed E-state index contributed by atoms with van der Waals surface area (Å²) in [6, 6.07) is 6.94. The Balaban J connectivity index is 2.66. The monoisotopic (exact) mass is 301 g/mol. The van der Waals surface area contributed by atoms with Crippen LogP contribution in [0.3, 0.4) is 0 Å². The van der Waals surface area contributed by atoms with Crippen LogP contribution in [0.5, 0.6) is 5.75 Å². The van der Waals surface area contributed by atoms with Gasteiger partial charge in [-0.3, -0.25) is 0 Å². The van der Waals surface area contributed by atoms with Gasteiger partial charge < -0.3 is 9.84 Å². The third-order valence-electron chi connectivity index (χ3n) is 3.16. The van der Waals surface area contributed by atoms with Crippen molar-refractivity contribution in [3.05, 3.63) is 29.8 Å². The molecule has 0 bridgehead atoms. The smallest absolute Gasteiger partial charge is 0.213 e. The van der Waals surface area contributed by atoms with E-state index in [-0.39, 0.29) is 12.3 Å². The Bertz CT molecular complexity index is 498. The van der Waals surface area contributed by atoms with Gasteiger partial charge in [0, 0.05) is 13.6 Å². The number of aliphatic hydroxyl groups is 1. The van der Waals surface area contributed by atoms with Gasteiger partial charge in [-0.05, 0) is 24.1 Å². The molecule has 1 N–H and O–H groups in total. The number of rotatable bonds is 8. The maximum atomic E-state index is 12.0. The Morgan fingerprint density at radius 1 is 1.30 bits per heavy atom. The maximum Gasteiger partial charge on any atom is 0.213 e. The summed E-state index contributed by atoms with van der Waals surface area (Å²) in [7, 11) is -0.223. The number of aliphatic hydroxyl groups excluding tert-OH is 1. The normalized spacial score (nSPS) is 13.4. The van der Waals surface area contributed by atoms with Crippen LogP contribution in [0.25, 0.3) is 0 Å². The topological polar surface area (TPSA) is 66.8 Å². The van der Waals surface area contributed by atoms with Gasteiger partial charge in [-0.15, -0.1) is 0 Å². The molecular weight excluding hydrogens is 278 g/mol. The Kier molecular flexibility index (Phi) is 6.45. The van der Waals surface area contributed by atoms with Crippen molar-refractivity contribution < 1.29 is 18.3 Å². The third-order valence-corrected chi connectivity index (χ3v) is 5.06. The fraction of sp³-hybridized carbons (Fsp3) is 0.571. The number of nitrogens with zero attached hydrogens (tertiary/aromatic N) is 1. The molecule has 0 aliphatic carbocycles. The van der Waals surface area contributed by atoms with E-state index in [2.05, 4.69) is 0 Å². The molecular formula is C14H23NO4S. The molecule has 0 radical (unpaired) electrons. The van der Waals surface area contributed by atoms with Gasteiger partial charge in [0.25, 0.3) is 0 Å². The average molecular weight is 301 g/mol. The number of sulfonamides is 1. The van der Waals surface area contributed by atoms with Gasteiger partial charge in [0.2, 0.25) is 10.0 Å². The predicted octanol–water partition coefficient (Wildman–Crippen LogP) is 1.79. The summed E-state index contributed by atoms with van der Waals surface area (Å²) in [6.07, 6.45) is 0.613. The summed E-state index contributed by atoms with van der Waals surface area (Å²) in [6.45, 7) is 2.00. The summed E-state index contributed by atoms with van der Waals surface area (Å²) in [5.74, 6) is 0.819. The summed E-state index contributed by atoms with van der Waals surface area (Å²) in [4.78, 5) is 0. The van der Waals surface area contributed by atoms with Gasteiger partial charge in [-0.1, -0.05) is 25.5 Å². The lowest BCUT2D eigenvalue weighted by Gasteiger charge is -2.20. The average Bonchev–Trinajstić information content (AvgIpc) is 2.45. The molecule has 114 valence electrons. The lowest BCUT2D eigenvalue weighted by molar-refractivity contribution is 0.155. The lowest BCUT2D eigenvalue weighted by atomic mass is 10.1. The second-order valence-electron chi connectivity index (χ2n) is 4.74. The van der Waals surface area contributed by atoms with E-state index in [4.69, 9.17) is 4.74 Å². The highest BCUT2D eigenvalue weighted by molar-refractivity contribution is 7.89. The van der Waals surface area contributed by atoms with Crippen LogP contribution in [0, 0.1) is 0 Å². The number of likely N-dealkylation sites (N-methyl/N-ethyl adjacent to an activating group) is 1. The SMILES string of the molecule is CCCCS(=O)(=O)N(C)CC(O)c1ccc(OC)cc1. The van der Waals surface area contributed by atoms with Gasteiger partial charge in [-0.25, -0.2) is 12.7 Å². The van der Waals surface area contributed by atoms with Crippen LogP contribution in [0.4, 0.5) is 0 Å². The molecule has 20 heavy (non-hydrogen) atoms. The highest BCUT2D eigenvalue weighted by Gasteiger charge is 2.20. The molecule has 1 unspecified atom stereocenters. The summed E-state index contributed by atoms with van der Waals surface area (Å²) in [5, 5.41) is 10.1. The molecule has 1 aromatic rings. The van der Waals surface area contributed by atoms with E-state index in [1.165, 1.54) is 11.4 Å². The van der Waals surface area contributed by atoms with E-state index in [0.29, 0.717) is 17.7 Å². The van der Waals surface area contributed by atoms with E-state index >= 15 is 0 Å². The lowest BCUT2D eigenvalue weighted by Crippen LogP contribution is -2.33. The highest BCUT2D eigenvalue weighted by atomic mass is 32.2. The molecule has 5 nitrogen and oxygen atoms in total. The molecule has 0 heterocycles. The standard InChI is InChI=1S/C14H23NO4S/c1-4-5-10-20(17,18)15(2)11-14(16)12-6-8-13(19-3)9-7-12/h6-9,14,16H,4-5,10-11H2,1-3H3. The number of unbranched alkanes of at least 4 members (excludes halogenated alkanes) is 1. The second-order valence-corrected chi connectivity index (χ2v) is 6.93. The van der Waals surface area contributed by atoms with Crippen molar-refractivity contribution in [3.8, 4) is 5.75 Å². The first-order valence-corrected chi connectivity index (χ1v) is 8.27. The number of ether oxygens (including phenoxy) is 1. The van der Waals surface area contributed by atoms with E-state index in [0.717, 1.165) is 6.42 Å². The minimum Gasteiger partial charge on any atom is -0.497 e. The van der Waals surface area contributed by atoms with Crippen molar-refractivity contribution in [2.75, 3.05) is 26.5 Å². The fourth-order valence-electron chi connectivity index (χ4n) is 1.77. The molecule has 6 heteroatoms. The number of hydrogen-bond acceptors (Lipinski definition) is 4. The van der Waals surface area contributed by atoms with E-state index in [9.17, 15) is 13.5 Å². The molecule has 0 aliphatic rings. The molecule has 0 amide bonds. The molecule has 0 spiro atoms. The van der Waals surface area contributed by atoms with Crippen molar-refractivity contribution >= 4 is 10.0 Å². The van der Waals surface area contributed by atoms with Crippen molar-refractivity contribution in [1.82, 2.24) is 4.31 Å². The quantitative estimate of drug-likeness (QED) is 0.795. The van der Waals surface area contributed by atoms with Crippen molar-refractivity contribution in [2.45, 2.75) is 25.9 Å². The maximum absolute atomic E-state index is 12.0. The van der Waals surface area contributed by atoms with Gasteiger partial charge in [0.15, 0.2) is 0 Å². The van der Waals surface area contributed by atoms with Crippen LogP contribution in [0.2, 0.25) is 0 Å². The van der Waals surface area contributed by atoms with Gasteiger partial charge >= 0.3 is 0 Å². The number of methoxy groups -OCH3 is 1. The number of hydrogen-bond donors (Lipinski definition) is 1. The van der Waals surface area contributed by atoms with Crippen molar-refractivity contribution in [2.24, 2.45) is 0 Å². The zero-order chi connectivity index (χ0) is 15.2. The zero-order valence-corrected chi connectivity index (χ0v) is 13.1. The van der Waals surface area contributed by atoms with Gasteiger partial charge in [0.1, 0.15) is 5.75 Å². The molecule has 1 rings (SSSR count). The molecule has 0 saturated heterocycles. The van der Waals surface area contributed by atoms with Gasteiger partial charge in [0.05, 0.1) is 19.0 Å². The molecule has 0 aliphatic heterocycles. The molecule has 0 aromatic heterocycles. The molecule has 0 fully saturated rings. The van der Waals surface area contributed by atoms with Crippen LogP contribution in [0.15, 0.2) is 24.3 Å². The fourth-order valence-corrected chi connectivity index (χ4v) is 3.10. The van der Waals surface area contributed by atoms with Crippen molar-refractivity contribution in [1.29, 1.82) is 0 Å². The molecule has 1 atom stereocenters. The summed E-state index contributed by atoms with van der Waals surface area (Å²) >= 11 is 0. The number of benzene rings is 1. The minimum atomic E-state index is -3.29. The Labute approximate surface area is 121 Å². The van der Waals surface area contributed by atoms with Crippen LogP contribution < -0.4 is 4.74 Å². The zero-order valence-electron chi connectivity index (χ0n) is 12.2. The second kappa shape index (κ2) is 7.61. The van der Waals surface area contributed by atoms with E-state index < -0.39 is 16.1 Å². The Morgan fingerprint density at radius 3 is 2.40 bits per heavy atom. The first-order chi connectivity index (χ1) is 9.40. The van der Waals surface area contributed by atoms with Gasteiger partial charge in [-0.2, -0.15) is 0 Å². The van der Waals surface area contributed by atoms with Crippen molar-refractivity contribution in [3.63, 3.8) is 0 Å². The first-order valence-electron chi connectivity index (χ1n) is 6.66. The van der Waals surface area contributed by atoms with Crippen LogP contribution >= 0.6 is 0 Å². The molecule has 1 aromatic carbocycles. The van der Waals surface area contributed by atoms with E-state index in [1.807, 2.05) is 6.92 Å². The summed E-state index contributed by atoms with van der Waals surface area (Å²) < 4.78 is 30.2. The largest absolute Gasteiger partial charge is 0.497 e. The Hall–Kier alpha value is -1.11.